The minimum Gasteiger partial charge on any atom is -0.496 e. The SMILES string of the molecule is COc1cccc(OC2CCC(C)C(C)C2)c1[C@@H](C)N. The van der Waals surface area contributed by atoms with Crippen molar-refractivity contribution in [3.63, 3.8) is 0 Å². The summed E-state index contributed by atoms with van der Waals surface area (Å²) in [5, 5.41) is 0. The number of hydrogen-bond acceptors (Lipinski definition) is 3. The first kappa shape index (κ1) is 15.2. The van der Waals surface area contributed by atoms with Gasteiger partial charge in [0, 0.05) is 6.04 Å². The Morgan fingerprint density at radius 1 is 1.15 bits per heavy atom. The van der Waals surface area contributed by atoms with Crippen LogP contribution in [0.3, 0.4) is 0 Å². The third-order valence-corrected chi connectivity index (χ3v) is 4.55. The van der Waals surface area contributed by atoms with Crippen molar-refractivity contribution in [2.24, 2.45) is 17.6 Å². The molecule has 1 aliphatic carbocycles. The van der Waals surface area contributed by atoms with Gasteiger partial charge in [-0.1, -0.05) is 19.9 Å². The van der Waals surface area contributed by atoms with Gasteiger partial charge in [0.1, 0.15) is 11.5 Å². The third kappa shape index (κ3) is 3.26. The van der Waals surface area contributed by atoms with Crippen molar-refractivity contribution in [2.75, 3.05) is 7.11 Å². The van der Waals surface area contributed by atoms with Crippen molar-refractivity contribution in [2.45, 2.75) is 52.2 Å². The molecule has 1 aromatic rings. The number of hydrogen-bond donors (Lipinski definition) is 1. The quantitative estimate of drug-likeness (QED) is 0.907. The molecule has 3 nitrogen and oxygen atoms in total. The van der Waals surface area contributed by atoms with E-state index in [0.29, 0.717) is 6.10 Å². The molecule has 4 atom stereocenters. The van der Waals surface area contributed by atoms with Crippen LogP contribution in [0.4, 0.5) is 0 Å². The number of benzene rings is 1. The van der Waals surface area contributed by atoms with Crippen LogP contribution >= 0.6 is 0 Å². The second-order valence-electron chi connectivity index (χ2n) is 6.17. The summed E-state index contributed by atoms with van der Waals surface area (Å²) < 4.78 is 11.7. The van der Waals surface area contributed by atoms with Crippen molar-refractivity contribution >= 4 is 0 Å². The Kier molecular flexibility index (Phi) is 4.92. The molecule has 1 aliphatic rings. The molecule has 0 heterocycles. The molecule has 0 aliphatic heterocycles. The van der Waals surface area contributed by atoms with Crippen LogP contribution < -0.4 is 15.2 Å². The van der Waals surface area contributed by atoms with Gasteiger partial charge in [-0.15, -0.1) is 0 Å². The van der Waals surface area contributed by atoms with Gasteiger partial charge in [-0.3, -0.25) is 0 Å². The van der Waals surface area contributed by atoms with Gasteiger partial charge in [-0.25, -0.2) is 0 Å². The molecule has 0 radical (unpaired) electrons. The van der Waals surface area contributed by atoms with Crippen molar-refractivity contribution in [1.82, 2.24) is 0 Å². The van der Waals surface area contributed by atoms with Crippen LogP contribution in [0.2, 0.25) is 0 Å². The van der Waals surface area contributed by atoms with E-state index in [0.717, 1.165) is 41.7 Å². The van der Waals surface area contributed by atoms with Gasteiger partial charge in [-0.05, 0) is 50.2 Å². The van der Waals surface area contributed by atoms with E-state index in [1.54, 1.807) is 7.11 Å². The highest BCUT2D eigenvalue weighted by atomic mass is 16.5. The standard InChI is InChI=1S/C17H27NO2/c1-11-8-9-14(10-12(11)2)20-16-7-5-6-15(19-4)17(16)13(3)18/h5-7,11-14H,8-10,18H2,1-4H3/t11?,12?,13-,14?/m1/s1. The van der Waals surface area contributed by atoms with Crippen molar-refractivity contribution < 1.29 is 9.47 Å². The maximum atomic E-state index is 6.25. The minimum absolute atomic E-state index is 0.0962. The summed E-state index contributed by atoms with van der Waals surface area (Å²) in [5.74, 6) is 3.21. The van der Waals surface area contributed by atoms with E-state index in [2.05, 4.69) is 13.8 Å². The maximum Gasteiger partial charge on any atom is 0.128 e. The van der Waals surface area contributed by atoms with Gasteiger partial charge in [0.15, 0.2) is 0 Å². The first-order valence-electron chi connectivity index (χ1n) is 7.62. The molecule has 0 bridgehead atoms. The van der Waals surface area contributed by atoms with E-state index in [-0.39, 0.29) is 6.04 Å². The molecule has 3 unspecified atom stereocenters. The molecule has 0 saturated heterocycles. The molecular formula is C17H27NO2. The Labute approximate surface area is 122 Å². The molecule has 3 heteroatoms. The van der Waals surface area contributed by atoms with E-state index in [1.165, 1.54) is 6.42 Å². The fraction of sp³-hybridized carbons (Fsp3) is 0.647. The Hall–Kier alpha value is -1.22. The number of nitrogens with two attached hydrogens (primary N) is 1. The molecule has 2 rings (SSSR count). The van der Waals surface area contributed by atoms with E-state index < -0.39 is 0 Å². The highest BCUT2D eigenvalue weighted by molar-refractivity contribution is 5.46. The zero-order valence-corrected chi connectivity index (χ0v) is 13.1. The van der Waals surface area contributed by atoms with Crippen LogP contribution in [0.25, 0.3) is 0 Å². The summed E-state index contributed by atoms with van der Waals surface area (Å²) in [7, 11) is 1.68. The van der Waals surface area contributed by atoms with Gasteiger partial charge in [0.2, 0.25) is 0 Å². The van der Waals surface area contributed by atoms with Crippen LogP contribution in [0.5, 0.6) is 11.5 Å². The van der Waals surface area contributed by atoms with Gasteiger partial charge in [0.25, 0.3) is 0 Å². The summed E-state index contributed by atoms with van der Waals surface area (Å²) in [5.41, 5.74) is 7.06. The monoisotopic (exact) mass is 277 g/mol. The maximum absolute atomic E-state index is 6.25. The highest BCUT2D eigenvalue weighted by Gasteiger charge is 2.27. The first-order valence-corrected chi connectivity index (χ1v) is 7.62. The molecule has 2 N–H and O–H groups in total. The molecule has 112 valence electrons. The third-order valence-electron chi connectivity index (χ3n) is 4.55. The van der Waals surface area contributed by atoms with Gasteiger partial charge < -0.3 is 15.2 Å². The lowest BCUT2D eigenvalue weighted by Gasteiger charge is -2.33. The molecule has 0 amide bonds. The minimum atomic E-state index is -0.0962. The predicted molar refractivity (Wildman–Crippen MR) is 82.2 cm³/mol. The van der Waals surface area contributed by atoms with Crippen molar-refractivity contribution in [3.05, 3.63) is 23.8 Å². The molecule has 1 fully saturated rings. The number of methoxy groups -OCH3 is 1. The molecule has 0 spiro atoms. The summed E-state index contributed by atoms with van der Waals surface area (Å²) in [6, 6.07) is 5.82. The van der Waals surface area contributed by atoms with Gasteiger partial charge >= 0.3 is 0 Å². The van der Waals surface area contributed by atoms with Crippen molar-refractivity contribution in [1.29, 1.82) is 0 Å². The topological polar surface area (TPSA) is 44.5 Å². The second-order valence-corrected chi connectivity index (χ2v) is 6.17. The predicted octanol–water partition coefficient (Wildman–Crippen LogP) is 3.92. The lowest BCUT2D eigenvalue weighted by atomic mass is 9.80. The second kappa shape index (κ2) is 6.49. The summed E-state index contributed by atoms with van der Waals surface area (Å²) in [6.07, 6.45) is 3.78. The van der Waals surface area contributed by atoms with Crippen LogP contribution in [-0.2, 0) is 0 Å². The van der Waals surface area contributed by atoms with Crippen LogP contribution in [0, 0.1) is 11.8 Å². The molecule has 0 aromatic heterocycles. The number of ether oxygens (including phenoxy) is 2. The van der Waals surface area contributed by atoms with Gasteiger partial charge in [0.05, 0.1) is 18.8 Å². The largest absolute Gasteiger partial charge is 0.496 e. The lowest BCUT2D eigenvalue weighted by Crippen LogP contribution is -2.29. The average Bonchev–Trinajstić information content (AvgIpc) is 2.42. The normalized spacial score (nSPS) is 27.9. The van der Waals surface area contributed by atoms with E-state index in [1.807, 2.05) is 25.1 Å². The lowest BCUT2D eigenvalue weighted by molar-refractivity contribution is 0.0991. The smallest absolute Gasteiger partial charge is 0.128 e. The molecule has 1 aromatic carbocycles. The van der Waals surface area contributed by atoms with Crippen LogP contribution in [0.15, 0.2) is 18.2 Å². The highest BCUT2D eigenvalue weighted by Crippen LogP contribution is 2.37. The fourth-order valence-electron chi connectivity index (χ4n) is 3.04. The Morgan fingerprint density at radius 2 is 1.85 bits per heavy atom. The Morgan fingerprint density at radius 3 is 2.45 bits per heavy atom. The van der Waals surface area contributed by atoms with Crippen LogP contribution in [-0.4, -0.2) is 13.2 Å². The summed E-state index contributed by atoms with van der Waals surface area (Å²) in [6.45, 7) is 6.62. The summed E-state index contributed by atoms with van der Waals surface area (Å²) in [4.78, 5) is 0. The average molecular weight is 277 g/mol. The molecule has 20 heavy (non-hydrogen) atoms. The Bertz CT molecular complexity index is 445. The molecular weight excluding hydrogens is 250 g/mol. The van der Waals surface area contributed by atoms with Gasteiger partial charge in [-0.2, -0.15) is 0 Å². The fourth-order valence-corrected chi connectivity index (χ4v) is 3.04. The van der Waals surface area contributed by atoms with E-state index in [9.17, 15) is 0 Å². The zero-order valence-electron chi connectivity index (χ0n) is 13.1. The van der Waals surface area contributed by atoms with Crippen LogP contribution in [0.1, 0.15) is 51.6 Å². The zero-order chi connectivity index (χ0) is 14.7. The summed E-state index contributed by atoms with van der Waals surface area (Å²) >= 11 is 0. The number of rotatable bonds is 4. The molecule has 1 saturated carbocycles. The Balaban J connectivity index is 2.17. The van der Waals surface area contributed by atoms with E-state index in [4.69, 9.17) is 15.2 Å². The first-order chi connectivity index (χ1) is 9.52. The van der Waals surface area contributed by atoms with E-state index >= 15 is 0 Å². The van der Waals surface area contributed by atoms with Crippen molar-refractivity contribution in [3.8, 4) is 11.5 Å².